The molecule has 1 fully saturated rings. The third kappa shape index (κ3) is 4.01. The van der Waals surface area contributed by atoms with Crippen molar-refractivity contribution < 1.29 is 9.53 Å². The van der Waals surface area contributed by atoms with Crippen molar-refractivity contribution >= 4 is 5.91 Å². The fraction of sp³-hybridized carbons (Fsp3) is 0.727. The molecular formula is C11H20N2O2. The van der Waals surface area contributed by atoms with Crippen molar-refractivity contribution in [2.75, 3.05) is 39.9 Å². The summed E-state index contributed by atoms with van der Waals surface area (Å²) in [5.41, 5.74) is 0.230. The highest BCUT2D eigenvalue weighted by Crippen LogP contribution is 2.26. The highest BCUT2D eigenvalue weighted by Gasteiger charge is 2.34. The Balaban J connectivity index is 2.19. The van der Waals surface area contributed by atoms with Crippen LogP contribution in [0.3, 0.4) is 0 Å². The van der Waals surface area contributed by atoms with Gasteiger partial charge in [-0.1, -0.05) is 13.0 Å². The summed E-state index contributed by atoms with van der Waals surface area (Å²) in [7, 11) is 1.96. The van der Waals surface area contributed by atoms with Gasteiger partial charge in [0, 0.05) is 18.5 Å². The number of nitrogens with zero attached hydrogens (tertiary/aromatic N) is 1. The zero-order valence-electron chi connectivity index (χ0n) is 9.58. The average Bonchev–Trinajstić information content (AvgIpc) is 2.12. The van der Waals surface area contributed by atoms with Crippen molar-refractivity contribution in [1.82, 2.24) is 10.2 Å². The molecule has 1 N–H and O–H groups in total. The number of amides is 1. The maximum absolute atomic E-state index is 11.4. The first-order valence-electron chi connectivity index (χ1n) is 5.20. The van der Waals surface area contributed by atoms with E-state index in [4.69, 9.17) is 4.74 Å². The van der Waals surface area contributed by atoms with Gasteiger partial charge in [0.25, 0.3) is 0 Å². The van der Waals surface area contributed by atoms with Crippen LogP contribution in [0.25, 0.3) is 0 Å². The normalized spacial score (nSPS) is 18.3. The van der Waals surface area contributed by atoms with E-state index in [1.165, 1.54) is 0 Å². The van der Waals surface area contributed by atoms with Crippen LogP contribution in [0.5, 0.6) is 0 Å². The number of hydrogen-bond acceptors (Lipinski definition) is 3. The van der Waals surface area contributed by atoms with Gasteiger partial charge in [-0.05, 0) is 7.05 Å². The highest BCUT2D eigenvalue weighted by atomic mass is 16.5. The second-order valence-corrected chi connectivity index (χ2v) is 4.57. The Kier molecular flexibility index (Phi) is 4.29. The van der Waals surface area contributed by atoms with Crippen molar-refractivity contribution in [2.24, 2.45) is 5.41 Å². The van der Waals surface area contributed by atoms with Crippen LogP contribution in [-0.4, -0.2) is 50.7 Å². The van der Waals surface area contributed by atoms with E-state index in [1.807, 2.05) is 11.9 Å². The second-order valence-electron chi connectivity index (χ2n) is 4.57. The zero-order chi connectivity index (χ0) is 11.3. The molecule has 4 heteroatoms. The largest absolute Gasteiger partial charge is 0.380 e. The number of likely N-dealkylation sites (N-methyl/N-ethyl adjacent to an activating group) is 1. The summed E-state index contributed by atoms with van der Waals surface area (Å²) in [6, 6.07) is 0. The first-order chi connectivity index (χ1) is 7.06. The molecule has 1 amide bonds. The van der Waals surface area contributed by atoms with Gasteiger partial charge in [-0.15, -0.1) is 6.58 Å². The van der Waals surface area contributed by atoms with E-state index in [-0.39, 0.29) is 11.3 Å². The summed E-state index contributed by atoms with van der Waals surface area (Å²) in [6.45, 7) is 9.18. The van der Waals surface area contributed by atoms with Crippen LogP contribution < -0.4 is 5.32 Å². The molecule has 1 heterocycles. The maximum atomic E-state index is 11.4. The van der Waals surface area contributed by atoms with Crippen LogP contribution >= 0.6 is 0 Å². The van der Waals surface area contributed by atoms with Crippen molar-refractivity contribution in [3.8, 4) is 0 Å². The van der Waals surface area contributed by atoms with Crippen LogP contribution in [0.4, 0.5) is 0 Å². The maximum Gasteiger partial charge on any atom is 0.234 e. The van der Waals surface area contributed by atoms with E-state index in [9.17, 15) is 4.79 Å². The van der Waals surface area contributed by atoms with E-state index < -0.39 is 0 Å². The van der Waals surface area contributed by atoms with Crippen LogP contribution in [0.2, 0.25) is 0 Å². The molecule has 1 aliphatic rings. The van der Waals surface area contributed by atoms with Crippen molar-refractivity contribution in [3.63, 3.8) is 0 Å². The number of carbonyl (C=O) groups is 1. The van der Waals surface area contributed by atoms with E-state index in [0.29, 0.717) is 13.1 Å². The molecule has 0 aromatic rings. The standard InChI is InChI=1S/C11H20N2O2/c1-4-5-12-10(14)6-13(3)7-11(2)8-15-9-11/h4H,1,5-9H2,2-3H3,(H,12,14). The van der Waals surface area contributed by atoms with Gasteiger partial charge in [0.05, 0.1) is 19.8 Å². The van der Waals surface area contributed by atoms with E-state index in [1.54, 1.807) is 6.08 Å². The van der Waals surface area contributed by atoms with Gasteiger partial charge in [0.15, 0.2) is 0 Å². The number of nitrogens with one attached hydrogen (secondary N) is 1. The summed E-state index contributed by atoms with van der Waals surface area (Å²) in [6.07, 6.45) is 1.68. The number of carbonyl (C=O) groups excluding carboxylic acids is 1. The molecule has 1 aliphatic heterocycles. The van der Waals surface area contributed by atoms with Gasteiger partial charge in [0.2, 0.25) is 5.91 Å². The molecule has 1 saturated heterocycles. The minimum atomic E-state index is 0.0428. The van der Waals surface area contributed by atoms with E-state index >= 15 is 0 Å². The second kappa shape index (κ2) is 5.28. The van der Waals surface area contributed by atoms with Crippen LogP contribution in [0.15, 0.2) is 12.7 Å². The van der Waals surface area contributed by atoms with Crippen molar-refractivity contribution in [1.29, 1.82) is 0 Å². The molecule has 0 atom stereocenters. The quantitative estimate of drug-likeness (QED) is 0.642. The third-order valence-corrected chi connectivity index (χ3v) is 2.41. The number of rotatable bonds is 6. The van der Waals surface area contributed by atoms with Gasteiger partial charge >= 0.3 is 0 Å². The fourth-order valence-corrected chi connectivity index (χ4v) is 1.74. The Morgan fingerprint density at radius 3 is 2.80 bits per heavy atom. The lowest BCUT2D eigenvalue weighted by molar-refractivity contribution is -0.127. The monoisotopic (exact) mass is 212 g/mol. The Hall–Kier alpha value is -0.870. The summed E-state index contributed by atoms with van der Waals surface area (Å²) in [5.74, 6) is 0.0428. The first kappa shape index (κ1) is 12.2. The molecule has 0 bridgehead atoms. The Morgan fingerprint density at radius 1 is 1.67 bits per heavy atom. The van der Waals surface area contributed by atoms with Gasteiger partial charge < -0.3 is 10.1 Å². The molecule has 1 rings (SSSR count). The Labute approximate surface area is 91.3 Å². The predicted molar refractivity (Wildman–Crippen MR) is 59.6 cm³/mol. The third-order valence-electron chi connectivity index (χ3n) is 2.41. The number of hydrogen-bond donors (Lipinski definition) is 1. The number of ether oxygens (including phenoxy) is 1. The van der Waals surface area contributed by atoms with Gasteiger partial charge in [0.1, 0.15) is 0 Å². The zero-order valence-corrected chi connectivity index (χ0v) is 9.58. The Morgan fingerprint density at radius 2 is 2.33 bits per heavy atom. The topological polar surface area (TPSA) is 41.6 Å². The molecule has 0 spiro atoms. The van der Waals surface area contributed by atoms with Crippen LogP contribution in [-0.2, 0) is 9.53 Å². The van der Waals surface area contributed by atoms with Gasteiger partial charge in [-0.25, -0.2) is 0 Å². The first-order valence-corrected chi connectivity index (χ1v) is 5.20. The molecular weight excluding hydrogens is 192 g/mol. The fourth-order valence-electron chi connectivity index (χ4n) is 1.74. The predicted octanol–water partition coefficient (Wildman–Crippen LogP) is 0.257. The molecule has 0 aromatic carbocycles. The van der Waals surface area contributed by atoms with E-state index in [2.05, 4.69) is 18.8 Å². The molecule has 86 valence electrons. The Bertz CT molecular complexity index is 237. The molecule has 0 saturated carbocycles. The van der Waals surface area contributed by atoms with Crippen molar-refractivity contribution in [3.05, 3.63) is 12.7 Å². The summed E-state index contributed by atoms with van der Waals surface area (Å²) < 4.78 is 5.17. The lowest BCUT2D eigenvalue weighted by Gasteiger charge is -2.40. The molecule has 0 unspecified atom stereocenters. The summed E-state index contributed by atoms with van der Waals surface area (Å²) in [5, 5.41) is 2.76. The average molecular weight is 212 g/mol. The smallest absolute Gasteiger partial charge is 0.234 e. The molecule has 0 radical (unpaired) electrons. The highest BCUT2D eigenvalue weighted by molar-refractivity contribution is 5.78. The van der Waals surface area contributed by atoms with Crippen LogP contribution in [0, 0.1) is 5.41 Å². The molecule has 0 aromatic heterocycles. The lowest BCUT2D eigenvalue weighted by atomic mass is 9.88. The molecule has 15 heavy (non-hydrogen) atoms. The van der Waals surface area contributed by atoms with E-state index in [0.717, 1.165) is 19.8 Å². The molecule has 0 aliphatic carbocycles. The van der Waals surface area contributed by atoms with Crippen LogP contribution in [0.1, 0.15) is 6.92 Å². The minimum absolute atomic E-state index is 0.0428. The molecule has 4 nitrogen and oxygen atoms in total. The van der Waals surface area contributed by atoms with Crippen molar-refractivity contribution in [2.45, 2.75) is 6.92 Å². The minimum Gasteiger partial charge on any atom is -0.380 e. The lowest BCUT2D eigenvalue weighted by Crippen LogP contribution is -2.49. The van der Waals surface area contributed by atoms with Gasteiger partial charge in [-0.2, -0.15) is 0 Å². The summed E-state index contributed by atoms with van der Waals surface area (Å²) in [4.78, 5) is 13.4. The summed E-state index contributed by atoms with van der Waals surface area (Å²) >= 11 is 0. The van der Waals surface area contributed by atoms with Gasteiger partial charge in [-0.3, -0.25) is 9.69 Å². The SMILES string of the molecule is C=CCNC(=O)CN(C)CC1(C)COC1.